The van der Waals surface area contributed by atoms with Gasteiger partial charge >= 0.3 is 5.97 Å². The van der Waals surface area contributed by atoms with Crippen molar-refractivity contribution < 1.29 is 18.7 Å². The highest BCUT2D eigenvalue weighted by Gasteiger charge is 2.13. The number of para-hydroxylation sites is 1. The van der Waals surface area contributed by atoms with Crippen molar-refractivity contribution in [2.45, 2.75) is 6.92 Å². The standard InChI is InChI=1S/C17H16BrFN2O3/c1-2-23-16(22)11-24-17-12(8-13(18)9-15(17)19)10-20-21-14-6-4-3-5-7-14/h3-10,21H,2,11H2,1H3. The minimum absolute atomic E-state index is 0.0649. The van der Waals surface area contributed by atoms with E-state index in [1.807, 2.05) is 30.3 Å². The van der Waals surface area contributed by atoms with Gasteiger partial charge in [0.05, 0.1) is 18.5 Å². The van der Waals surface area contributed by atoms with E-state index in [0.29, 0.717) is 10.0 Å². The van der Waals surface area contributed by atoms with Crippen LogP contribution in [-0.4, -0.2) is 25.4 Å². The number of ether oxygens (including phenoxy) is 2. The van der Waals surface area contributed by atoms with E-state index in [4.69, 9.17) is 9.47 Å². The summed E-state index contributed by atoms with van der Waals surface area (Å²) in [6.07, 6.45) is 1.42. The van der Waals surface area contributed by atoms with Crippen molar-refractivity contribution in [1.82, 2.24) is 0 Å². The molecule has 0 radical (unpaired) electrons. The zero-order chi connectivity index (χ0) is 17.4. The fourth-order valence-electron chi connectivity index (χ4n) is 1.85. The van der Waals surface area contributed by atoms with E-state index >= 15 is 0 Å². The molecule has 0 atom stereocenters. The van der Waals surface area contributed by atoms with Crippen molar-refractivity contribution in [1.29, 1.82) is 0 Å². The molecule has 0 heterocycles. The molecular formula is C17H16BrFN2O3. The summed E-state index contributed by atoms with van der Waals surface area (Å²) in [4.78, 5) is 11.4. The van der Waals surface area contributed by atoms with Gasteiger partial charge in [0.2, 0.25) is 0 Å². The first-order chi connectivity index (χ1) is 11.6. The average molecular weight is 395 g/mol. The van der Waals surface area contributed by atoms with E-state index in [-0.39, 0.29) is 19.0 Å². The summed E-state index contributed by atoms with van der Waals surface area (Å²) in [5.41, 5.74) is 4.00. The molecule has 126 valence electrons. The maximum absolute atomic E-state index is 14.1. The van der Waals surface area contributed by atoms with Crippen LogP contribution >= 0.6 is 15.9 Å². The molecule has 2 aromatic carbocycles. The molecule has 0 aliphatic rings. The summed E-state index contributed by atoms with van der Waals surface area (Å²) < 4.78 is 24.7. The molecule has 0 unspecified atom stereocenters. The molecule has 0 aromatic heterocycles. The lowest BCUT2D eigenvalue weighted by molar-refractivity contribution is -0.145. The van der Waals surface area contributed by atoms with Crippen LogP contribution in [0.1, 0.15) is 12.5 Å². The van der Waals surface area contributed by atoms with Gasteiger partial charge in [-0.3, -0.25) is 5.43 Å². The Morgan fingerprint density at radius 1 is 1.33 bits per heavy atom. The highest BCUT2D eigenvalue weighted by Crippen LogP contribution is 2.26. The highest BCUT2D eigenvalue weighted by molar-refractivity contribution is 9.10. The monoisotopic (exact) mass is 394 g/mol. The van der Waals surface area contributed by atoms with Gasteiger partial charge in [0.25, 0.3) is 0 Å². The van der Waals surface area contributed by atoms with Gasteiger partial charge in [-0.05, 0) is 31.2 Å². The van der Waals surface area contributed by atoms with Gasteiger partial charge in [-0.15, -0.1) is 0 Å². The SMILES string of the molecule is CCOC(=O)COc1c(F)cc(Br)cc1C=NNc1ccccc1. The second kappa shape index (κ2) is 9.02. The van der Waals surface area contributed by atoms with Crippen LogP contribution in [0.2, 0.25) is 0 Å². The van der Waals surface area contributed by atoms with E-state index in [9.17, 15) is 9.18 Å². The lowest BCUT2D eigenvalue weighted by Crippen LogP contribution is -2.16. The Labute approximate surface area is 147 Å². The molecule has 0 saturated carbocycles. The third-order valence-corrected chi connectivity index (χ3v) is 3.31. The zero-order valence-corrected chi connectivity index (χ0v) is 14.5. The minimum Gasteiger partial charge on any atom is -0.478 e. The lowest BCUT2D eigenvalue weighted by atomic mass is 10.2. The molecule has 24 heavy (non-hydrogen) atoms. The number of halogens is 2. The fourth-order valence-corrected chi connectivity index (χ4v) is 2.30. The summed E-state index contributed by atoms with van der Waals surface area (Å²) in [7, 11) is 0. The Hall–Kier alpha value is -2.41. The third kappa shape index (κ3) is 5.34. The molecule has 7 heteroatoms. The molecule has 5 nitrogen and oxygen atoms in total. The van der Waals surface area contributed by atoms with Crippen LogP contribution in [0.25, 0.3) is 0 Å². The van der Waals surface area contributed by atoms with Gasteiger partial charge in [-0.1, -0.05) is 34.1 Å². The minimum atomic E-state index is -0.602. The summed E-state index contributed by atoms with van der Waals surface area (Å²) in [6.45, 7) is 1.55. The topological polar surface area (TPSA) is 59.9 Å². The van der Waals surface area contributed by atoms with Gasteiger partial charge in [-0.2, -0.15) is 5.10 Å². The Morgan fingerprint density at radius 2 is 2.08 bits per heavy atom. The number of carbonyl (C=O) groups excluding carboxylic acids is 1. The van der Waals surface area contributed by atoms with Crippen molar-refractivity contribution in [3.63, 3.8) is 0 Å². The zero-order valence-electron chi connectivity index (χ0n) is 13.0. The van der Waals surface area contributed by atoms with Crippen molar-refractivity contribution in [3.05, 3.63) is 58.3 Å². The largest absolute Gasteiger partial charge is 0.478 e. The Bertz CT molecular complexity index is 723. The Kier molecular flexibility index (Phi) is 6.74. The molecule has 0 aliphatic carbocycles. The first-order valence-corrected chi connectivity index (χ1v) is 8.01. The molecule has 1 N–H and O–H groups in total. The molecule has 0 spiro atoms. The number of hydrogen-bond acceptors (Lipinski definition) is 5. The molecule has 0 saturated heterocycles. The smallest absolute Gasteiger partial charge is 0.344 e. The summed E-state index contributed by atoms with van der Waals surface area (Å²) in [5, 5.41) is 4.06. The van der Waals surface area contributed by atoms with E-state index in [0.717, 1.165) is 5.69 Å². The van der Waals surface area contributed by atoms with Crippen LogP contribution in [0, 0.1) is 5.82 Å². The quantitative estimate of drug-likeness (QED) is 0.438. The van der Waals surface area contributed by atoms with Crippen molar-refractivity contribution in [2.75, 3.05) is 18.6 Å². The molecule has 0 aliphatic heterocycles. The predicted octanol–water partition coefficient (Wildman–Crippen LogP) is 3.98. The number of esters is 1. The first-order valence-electron chi connectivity index (χ1n) is 7.21. The van der Waals surface area contributed by atoms with Crippen molar-refractivity contribution >= 4 is 33.8 Å². The third-order valence-electron chi connectivity index (χ3n) is 2.85. The predicted molar refractivity (Wildman–Crippen MR) is 93.9 cm³/mol. The van der Waals surface area contributed by atoms with Crippen LogP contribution in [-0.2, 0) is 9.53 Å². The molecule has 2 rings (SSSR count). The van der Waals surface area contributed by atoms with Crippen LogP contribution in [0.3, 0.4) is 0 Å². The van der Waals surface area contributed by atoms with Gasteiger partial charge in [0, 0.05) is 10.0 Å². The Balaban J connectivity index is 2.13. The second-order valence-corrected chi connectivity index (χ2v) is 5.55. The maximum atomic E-state index is 14.1. The van der Waals surface area contributed by atoms with Crippen LogP contribution in [0.5, 0.6) is 5.75 Å². The summed E-state index contributed by atoms with van der Waals surface area (Å²) in [6, 6.07) is 12.2. The van der Waals surface area contributed by atoms with Crippen LogP contribution in [0.4, 0.5) is 10.1 Å². The molecule has 2 aromatic rings. The number of hydrogen-bond donors (Lipinski definition) is 1. The van der Waals surface area contributed by atoms with Gasteiger partial charge in [-0.25, -0.2) is 9.18 Å². The van der Waals surface area contributed by atoms with Crippen molar-refractivity contribution in [2.24, 2.45) is 5.10 Å². The molecule has 0 fully saturated rings. The number of hydrazone groups is 1. The molecule has 0 bridgehead atoms. The van der Waals surface area contributed by atoms with E-state index < -0.39 is 11.8 Å². The summed E-state index contributed by atoms with van der Waals surface area (Å²) in [5.74, 6) is -1.23. The number of rotatable bonds is 7. The number of nitrogens with one attached hydrogen (secondary N) is 1. The van der Waals surface area contributed by atoms with E-state index in [2.05, 4.69) is 26.5 Å². The molecule has 0 amide bonds. The normalized spacial score (nSPS) is 10.6. The van der Waals surface area contributed by atoms with Crippen LogP contribution in [0.15, 0.2) is 52.0 Å². The maximum Gasteiger partial charge on any atom is 0.344 e. The fraction of sp³-hybridized carbons (Fsp3) is 0.176. The second-order valence-electron chi connectivity index (χ2n) is 4.64. The van der Waals surface area contributed by atoms with Gasteiger partial charge in [0.1, 0.15) is 0 Å². The Morgan fingerprint density at radius 3 is 2.79 bits per heavy atom. The molecular weight excluding hydrogens is 379 g/mol. The lowest BCUT2D eigenvalue weighted by Gasteiger charge is -2.10. The average Bonchev–Trinajstić information content (AvgIpc) is 2.55. The van der Waals surface area contributed by atoms with Crippen LogP contribution < -0.4 is 10.2 Å². The summed E-state index contributed by atoms with van der Waals surface area (Å²) >= 11 is 3.22. The van der Waals surface area contributed by atoms with E-state index in [1.54, 1.807) is 13.0 Å². The number of anilines is 1. The van der Waals surface area contributed by atoms with E-state index in [1.165, 1.54) is 12.3 Å². The van der Waals surface area contributed by atoms with Gasteiger partial charge < -0.3 is 9.47 Å². The number of nitrogens with zero attached hydrogens (tertiary/aromatic N) is 1. The number of carbonyl (C=O) groups is 1. The number of benzene rings is 2. The first kappa shape index (κ1) is 17.9. The van der Waals surface area contributed by atoms with Gasteiger partial charge in [0.15, 0.2) is 18.2 Å². The van der Waals surface area contributed by atoms with Crippen molar-refractivity contribution in [3.8, 4) is 5.75 Å². The highest BCUT2D eigenvalue weighted by atomic mass is 79.9.